The average molecular weight is 199 g/mol. The fourth-order valence-electron chi connectivity index (χ4n) is 1.43. The van der Waals surface area contributed by atoms with Crippen LogP contribution in [0.5, 0.6) is 0 Å². The van der Waals surface area contributed by atoms with E-state index in [1.54, 1.807) is 5.54 Å². The van der Waals surface area contributed by atoms with Crippen molar-refractivity contribution in [2.75, 3.05) is 0 Å². The van der Waals surface area contributed by atoms with E-state index in [0.29, 0.717) is 12.2 Å². The Morgan fingerprint density at radius 3 is 2.62 bits per heavy atom. The second-order valence-corrected chi connectivity index (χ2v) is 3.61. The number of carbonyl (C=O) groups is 1. The summed E-state index contributed by atoms with van der Waals surface area (Å²) in [5.74, 6) is 0.356. The van der Waals surface area contributed by atoms with Crippen molar-refractivity contribution in [2.24, 2.45) is 0 Å². The van der Waals surface area contributed by atoms with Crippen LogP contribution in [0.1, 0.15) is 38.5 Å². The van der Waals surface area contributed by atoms with E-state index in [1.807, 2.05) is 12.2 Å². The third-order valence-electron chi connectivity index (χ3n) is 2.25. The lowest BCUT2D eigenvalue weighted by molar-refractivity contribution is -0.118. The molecule has 0 unspecified atom stereocenters. The largest absolute Gasteiger partial charge is 0.299 e. The van der Waals surface area contributed by atoms with E-state index in [4.69, 9.17) is 11.6 Å². The maximum absolute atomic E-state index is 11.2. The monoisotopic (exact) mass is 198 g/mol. The molecule has 0 saturated carbocycles. The van der Waals surface area contributed by atoms with Crippen molar-refractivity contribution < 1.29 is 4.79 Å². The highest BCUT2D eigenvalue weighted by atomic mass is 35.5. The molecule has 0 amide bonds. The minimum Gasteiger partial charge on any atom is -0.299 e. The van der Waals surface area contributed by atoms with Gasteiger partial charge in [-0.1, -0.05) is 29.3 Å². The first-order chi connectivity index (χ1) is 6.33. The number of hydrogen-bond donors (Lipinski definition) is 0. The van der Waals surface area contributed by atoms with Gasteiger partial charge >= 0.3 is 0 Å². The number of carbonyl (C=O) groups excluding carboxylic acids is 1. The lowest BCUT2D eigenvalue weighted by Crippen LogP contribution is -1.97. The van der Waals surface area contributed by atoms with Crippen LogP contribution < -0.4 is 0 Å². The number of halogens is 1. The lowest BCUT2D eigenvalue weighted by Gasteiger charge is -2.05. The van der Waals surface area contributed by atoms with Crippen molar-refractivity contribution in [3.63, 3.8) is 0 Å². The zero-order valence-corrected chi connectivity index (χ0v) is 8.52. The SMILES string of the molecule is O=C1C/C=C\C/C(=C/Cl)CCCC1. The number of rotatable bonds is 0. The molecule has 1 aliphatic carbocycles. The fourth-order valence-corrected chi connectivity index (χ4v) is 1.63. The molecule has 72 valence electrons. The smallest absolute Gasteiger partial charge is 0.136 e. The Morgan fingerprint density at radius 2 is 1.85 bits per heavy atom. The molecular formula is C11H15ClO. The van der Waals surface area contributed by atoms with Gasteiger partial charge in [0.1, 0.15) is 5.78 Å². The molecule has 0 heterocycles. The Bertz CT molecular complexity index is 228. The summed E-state index contributed by atoms with van der Waals surface area (Å²) in [6, 6.07) is 0. The molecule has 1 aliphatic rings. The van der Waals surface area contributed by atoms with Crippen molar-refractivity contribution in [3.05, 3.63) is 23.3 Å². The molecular weight excluding hydrogens is 184 g/mol. The molecule has 0 N–H and O–H groups in total. The molecule has 0 fully saturated rings. The number of Topliss-reactive ketones (excluding diaryl/α,β-unsaturated/α-hetero) is 1. The van der Waals surface area contributed by atoms with E-state index in [1.165, 1.54) is 5.57 Å². The van der Waals surface area contributed by atoms with E-state index in [9.17, 15) is 4.79 Å². The molecule has 13 heavy (non-hydrogen) atoms. The van der Waals surface area contributed by atoms with E-state index < -0.39 is 0 Å². The molecule has 0 radical (unpaired) electrons. The van der Waals surface area contributed by atoms with E-state index >= 15 is 0 Å². The zero-order chi connectivity index (χ0) is 9.52. The summed E-state index contributed by atoms with van der Waals surface area (Å²) in [6.45, 7) is 0. The summed E-state index contributed by atoms with van der Waals surface area (Å²) in [5, 5.41) is 0. The van der Waals surface area contributed by atoms with Gasteiger partial charge in [0.25, 0.3) is 0 Å². The Morgan fingerprint density at radius 1 is 1.15 bits per heavy atom. The van der Waals surface area contributed by atoms with Crippen molar-refractivity contribution in [1.29, 1.82) is 0 Å². The van der Waals surface area contributed by atoms with Crippen LogP contribution in [-0.2, 0) is 4.79 Å². The van der Waals surface area contributed by atoms with Crippen LogP contribution in [0.3, 0.4) is 0 Å². The second kappa shape index (κ2) is 5.98. The standard InChI is InChI=1S/C11H15ClO/c12-9-10-5-1-3-7-11(13)8-4-2-6-10/h1,3,9H,2,4-8H2/b3-1-,10-9-. The maximum Gasteiger partial charge on any atom is 0.136 e. The van der Waals surface area contributed by atoms with Crippen molar-refractivity contribution in [2.45, 2.75) is 38.5 Å². The summed E-state index contributed by atoms with van der Waals surface area (Å²) in [6.07, 6.45) is 9.32. The molecule has 0 aliphatic heterocycles. The van der Waals surface area contributed by atoms with Crippen LogP contribution in [0.25, 0.3) is 0 Å². The van der Waals surface area contributed by atoms with E-state index in [2.05, 4.69) is 0 Å². The van der Waals surface area contributed by atoms with Crippen molar-refractivity contribution in [1.82, 2.24) is 0 Å². The fraction of sp³-hybridized carbons (Fsp3) is 0.545. The number of ketones is 1. The lowest BCUT2D eigenvalue weighted by atomic mass is 10.0. The first kappa shape index (κ1) is 10.5. The molecule has 0 aromatic heterocycles. The molecule has 0 aromatic carbocycles. The normalized spacial score (nSPS) is 25.9. The summed E-state index contributed by atoms with van der Waals surface area (Å²) in [7, 11) is 0. The van der Waals surface area contributed by atoms with Crippen LogP contribution in [0.2, 0.25) is 0 Å². The Hall–Kier alpha value is -0.560. The first-order valence-electron chi connectivity index (χ1n) is 4.78. The van der Waals surface area contributed by atoms with Gasteiger partial charge in [-0.05, 0) is 25.7 Å². The summed E-state index contributed by atoms with van der Waals surface area (Å²) in [5.41, 5.74) is 2.94. The molecule has 1 rings (SSSR count). The Kier molecular flexibility index (Phi) is 4.84. The third-order valence-corrected chi connectivity index (χ3v) is 2.56. The summed E-state index contributed by atoms with van der Waals surface area (Å²) in [4.78, 5) is 11.2. The number of allylic oxidation sites excluding steroid dienone is 3. The molecule has 0 spiro atoms. The van der Waals surface area contributed by atoms with E-state index in [-0.39, 0.29) is 0 Å². The molecule has 0 saturated heterocycles. The van der Waals surface area contributed by atoms with E-state index in [0.717, 1.165) is 32.1 Å². The third kappa shape index (κ3) is 4.28. The van der Waals surface area contributed by atoms with Gasteiger partial charge in [-0.15, -0.1) is 0 Å². The predicted molar refractivity (Wildman–Crippen MR) is 55.8 cm³/mol. The predicted octanol–water partition coefficient (Wildman–Crippen LogP) is 3.59. The van der Waals surface area contributed by atoms with Gasteiger partial charge in [-0.2, -0.15) is 0 Å². The van der Waals surface area contributed by atoms with Gasteiger partial charge in [-0.3, -0.25) is 4.79 Å². The highest BCUT2D eigenvalue weighted by Gasteiger charge is 2.02. The average Bonchev–Trinajstić information content (AvgIpc) is 2.16. The minimum atomic E-state index is 0.356. The first-order valence-corrected chi connectivity index (χ1v) is 5.21. The van der Waals surface area contributed by atoms with Gasteiger partial charge in [0.05, 0.1) is 0 Å². The molecule has 1 nitrogen and oxygen atoms in total. The summed E-state index contributed by atoms with van der Waals surface area (Å²) < 4.78 is 0. The maximum atomic E-state index is 11.2. The van der Waals surface area contributed by atoms with Crippen molar-refractivity contribution in [3.8, 4) is 0 Å². The van der Waals surface area contributed by atoms with Crippen molar-refractivity contribution >= 4 is 17.4 Å². The van der Waals surface area contributed by atoms with Gasteiger partial charge in [0, 0.05) is 18.4 Å². The molecule has 0 aromatic rings. The second-order valence-electron chi connectivity index (χ2n) is 3.39. The van der Waals surface area contributed by atoms with Crippen LogP contribution in [0, 0.1) is 0 Å². The molecule has 0 bridgehead atoms. The van der Waals surface area contributed by atoms with Gasteiger partial charge < -0.3 is 0 Å². The van der Waals surface area contributed by atoms with Gasteiger partial charge in [0.15, 0.2) is 0 Å². The van der Waals surface area contributed by atoms with Gasteiger partial charge in [0.2, 0.25) is 0 Å². The highest BCUT2D eigenvalue weighted by molar-refractivity contribution is 6.25. The Balaban J connectivity index is 2.51. The summed E-state index contributed by atoms with van der Waals surface area (Å²) >= 11 is 5.67. The number of hydrogen-bond acceptors (Lipinski definition) is 1. The van der Waals surface area contributed by atoms with Crippen LogP contribution in [0.15, 0.2) is 23.3 Å². The topological polar surface area (TPSA) is 17.1 Å². The quantitative estimate of drug-likeness (QED) is 0.544. The minimum absolute atomic E-state index is 0.356. The van der Waals surface area contributed by atoms with Crippen LogP contribution in [-0.4, -0.2) is 5.78 Å². The molecule has 0 atom stereocenters. The van der Waals surface area contributed by atoms with Gasteiger partial charge in [-0.25, -0.2) is 0 Å². The Labute approximate surface area is 84.5 Å². The van der Waals surface area contributed by atoms with Crippen LogP contribution in [0.4, 0.5) is 0 Å². The molecule has 2 heteroatoms. The highest BCUT2D eigenvalue weighted by Crippen LogP contribution is 2.16. The zero-order valence-electron chi connectivity index (χ0n) is 7.76. The van der Waals surface area contributed by atoms with Crippen LogP contribution >= 0.6 is 11.6 Å².